The molecule has 5 heteroatoms. The van der Waals surface area contributed by atoms with Crippen molar-refractivity contribution < 1.29 is 5.11 Å². The summed E-state index contributed by atoms with van der Waals surface area (Å²) in [6.07, 6.45) is 3.59. The van der Waals surface area contributed by atoms with Crippen LogP contribution in [0.4, 0.5) is 11.4 Å². The summed E-state index contributed by atoms with van der Waals surface area (Å²) < 4.78 is 0. The first-order valence-electron chi connectivity index (χ1n) is 5.77. The molecule has 0 radical (unpaired) electrons. The van der Waals surface area contributed by atoms with Gasteiger partial charge in [-0.05, 0) is 25.0 Å². The highest BCUT2D eigenvalue weighted by atomic mass is 35.5. The number of aliphatic hydroxyl groups is 1. The largest absolute Gasteiger partial charge is 0.399 e. The van der Waals surface area contributed by atoms with Crippen molar-refractivity contribution in [2.45, 2.75) is 37.8 Å². The highest BCUT2D eigenvalue weighted by Crippen LogP contribution is 2.35. The number of hydrogen-bond acceptors (Lipinski definition) is 3. The Morgan fingerprint density at radius 2 is 1.76 bits per heavy atom. The summed E-state index contributed by atoms with van der Waals surface area (Å²) in [6.45, 7) is 0. The van der Waals surface area contributed by atoms with Gasteiger partial charge in [-0.25, -0.2) is 0 Å². The Balaban J connectivity index is 2.17. The van der Waals surface area contributed by atoms with E-state index in [0.717, 1.165) is 25.7 Å². The zero-order chi connectivity index (χ0) is 12.4. The van der Waals surface area contributed by atoms with Crippen molar-refractivity contribution in [2.24, 2.45) is 0 Å². The minimum atomic E-state index is -0.339. The van der Waals surface area contributed by atoms with Crippen LogP contribution in [0.15, 0.2) is 12.1 Å². The van der Waals surface area contributed by atoms with Crippen LogP contribution in [0.25, 0.3) is 0 Å². The molecule has 1 fully saturated rings. The topological polar surface area (TPSA) is 58.3 Å². The Bertz CT molecular complexity index is 388. The second-order valence-electron chi connectivity index (χ2n) is 4.46. The zero-order valence-electron chi connectivity index (χ0n) is 9.42. The van der Waals surface area contributed by atoms with Gasteiger partial charge in [-0.15, -0.1) is 0 Å². The molecule has 4 N–H and O–H groups in total. The van der Waals surface area contributed by atoms with Gasteiger partial charge in [-0.2, -0.15) is 0 Å². The maximum absolute atomic E-state index is 9.89. The first-order valence-corrected chi connectivity index (χ1v) is 6.52. The molecule has 0 heterocycles. The Morgan fingerprint density at radius 1 is 1.18 bits per heavy atom. The minimum Gasteiger partial charge on any atom is -0.399 e. The highest BCUT2D eigenvalue weighted by molar-refractivity contribution is 6.39. The molecule has 0 spiro atoms. The second-order valence-corrected chi connectivity index (χ2v) is 5.28. The molecule has 0 aliphatic heterocycles. The lowest BCUT2D eigenvalue weighted by atomic mass is 9.92. The smallest absolute Gasteiger partial charge is 0.0741 e. The Labute approximate surface area is 111 Å². The number of nitrogens with one attached hydrogen (secondary N) is 1. The van der Waals surface area contributed by atoms with E-state index in [1.807, 2.05) is 0 Å². The molecule has 2 rings (SSSR count). The van der Waals surface area contributed by atoms with Crippen molar-refractivity contribution >= 4 is 34.6 Å². The normalized spacial score (nSPS) is 24.6. The highest BCUT2D eigenvalue weighted by Gasteiger charge is 2.24. The van der Waals surface area contributed by atoms with Crippen LogP contribution >= 0.6 is 23.2 Å². The number of anilines is 2. The number of nitrogens with two attached hydrogens (primary N) is 1. The molecule has 0 saturated heterocycles. The summed E-state index contributed by atoms with van der Waals surface area (Å²) in [6, 6.07) is 3.33. The monoisotopic (exact) mass is 274 g/mol. The van der Waals surface area contributed by atoms with Gasteiger partial charge in [0.15, 0.2) is 0 Å². The lowest BCUT2D eigenvalue weighted by Gasteiger charge is -2.30. The molecule has 94 valence electrons. The zero-order valence-corrected chi connectivity index (χ0v) is 10.9. The van der Waals surface area contributed by atoms with E-state index in [1.165, 1.54) is 0 Å². The Kier molecular flexibility index (Phi) is 4.02. The van der Waals surface area contributed by atoms with Crippen molar-refractivity contribution in [1.29, 1.82) is 0 Å². The van der Waals surface area contributed by atoms with Gasteiger partial charge in [0.2, 0.25) is 0 Å². The van der Waals surface area contributed by atoms with Crippen LogP contribution in [0.5, 0.6) is 0 Å². The maximum Gasteiger partial charge on any atom is 0.0741 e. The van der Waals surface area contributed by atoms with E-state index < -0.39 is 0 Å². The average molecular weight is 275 g/mol. The van der Waals surface area contributed by atoms with Crippen LogP contribution in [0.3, 0.4) is 0 Å². The molecule has 1 aromatic rings. The van der Waals surface area contributed by atoms with E-state index in [0.29, 0.717) is 21.4 Å². The van der Waals surface area contributed by atoms with Gasteiger partial charge >= 0.3 is 0 Å². The lowest BCUT2D eigenvalue weighted by molar-refractivity contribution is 0.116. The number of nitrogen functional groups attached to an aromatic ring is 1. The fraction of sp³-hybridized carbons (Fsp3) is 0.500. The van der Waals surface area contributed by atoms with E-state index in [1.54, 1.807) is 12.1 Å². The molecule has 0 aromatic heterocycles. The first-order chi connectivity index (χ1) is 8.08. The Hall–Kier alpha value is -0.640. The Morgan fingerprint density at radius 3 is 2.35 bits per heavy atom. The van der Waals surface area contributed by atoms with Gasteiger partial charge < -0.3 is 16.2 Å². The fourth-order valence-electron chi connectivity index (χ4n) is 2.20. The van der Waals surface area contributed by atoms with Gasteiger partial charge in [0.05, 0.1) is 27.9 Å². The summed E-state index contributed by atoms with van der Waals surface area (Å²) in [4.78, 5) is 0. The maximum atomic E-state index is 9.89. The third kappa shape index (κ3) is 2.97. The number of benzene rings is 1. The van der Waals surface area contributed by atoms with Gasteiger partial charge in [0.25, 0.3) is 0 Å². The first kappa shape index (κ1) is 12.8. The predicted molar refractivity (Wildman–Crippen MR) is 72.8 cm³/mol. The van der Waals surface area contributed by atoms with E-state index in [9.17, 15) is 5.11 Å². The van der Waals surface area contributed by atoms with Crippen molar-refractivity contribution in [3.63, 3.8) is 0 Å². The molecule has 3 nitrogen and oxygen atoms in total. The van der Waals surface area contributed by atoms with E-state index in [4.69, 9.17) is 28.9 Å². The molecule has 1 saturated carbocycles. The summed E-state index contributed by atoms with van der Waals surface area (Å²) in [5.74, 6) is 0. The van der Waals surface area contributed by atoms with E-state index in [-0.39, 0.29) is 12.1 Å². The summed E-state index contributed by atoms with van der Waals surface area (Å²) in [7, 11) is 0. The molecule has 1 aliphatic carbocycles. The molecular weight excluding hydrogens is 259 g/mol. The van der Waals surface area contributed by atoms with Crippen molar-refractivity contribution in [3.8, 4) is 0 Å². The molecule has 2 atom stereocenters. The average Bonchev–Trinajstić information content (AvgIpc) is 2.25. The SMILES string of the molecule is Nc1cc(Cl)c(NC2CCCCC2O)c(Cl)c1. The number of hydrogen-bond donors (Lipinski definition) is 3. The van der Waals surface area contributed by atoms with Crippen LogP contribution in [0.1, 0.15) is 25.7 Å². The molecule has 0 bridgehead atoms. The molecule has 1 aliphatic rings. The lowest BCUT2D eigenvalue weighted by Crippen LogP contribution is -2.36. The third-order valence-corrected chi connectivity index (χ3v) is 3.72. The standard InChI is InChI=1S/C12H16Cl2N2O/c13-8-5-7(15)6-9(14)12(8)16-10-3-1-2-4-11(10)17/h5-6,10-11,16-17H,1-4,15H2. The van der Waals surface area contributed by atoms with Crippen molar-refractivity contribution in [1.82, 2.24) is 0 Å². The van der Waals surface area contributed by atoms with Crippen LogP contribution in [0.2, 0.25) is 10.0 Å². The summed E-state index contributed by atoms with van der Waals surface area (Å²) >= 11 is 12.2. The second kappa shape index (κ2) is 5.34. The van der Waals surface area contributed by atoms with Gasteiger partial charge in [-0.1, -0.05) is 36.0 Å². The van der Waals surface area contributed by atoms with Gasteiger partial charge in [0.1, 0.15) is 0 Å². The van der Waals surface area contributed by atoms with Crippen LogP contribution in [0, 0.1) is 0 Å². The third-order valence-electron chi connectivity index (χ3n) is 3.12. The van der Waals surface area contributed by atoms with Gasteiger partial charge in [0, 0.05) is 5.69 Å². The van der Waals surface area contributed by atoms with Crippen molar-refractivity contribution in [3.05, 3.63) is 22.2 Å². The molecular formula is C12H16Cl2N2O. The molecule has 2 unspecified atom stereocenters. The van der Waals surface area contributed by atoms with E-state index >= 15 is 0 Å². The predicted octanol–water partition coefficient (Wildman–Crippen LogP) is 3.29. The molecule has 17 heavy (non-hydrogen) atoms. The molecule has 0 amide bonds. The number of halogens is 2. The van der Waals surface area contributed by atoms with Crippen LogP contribution in [-0.4, -0.2) is 17.3 Å². The van der Waals surface area contributed by atoms with Gasteiger partial charge in [-0.3, -0.25) is 0 Å². The minimum absolute atomic E-state index is 0.0161. The number of rotatable bonds is 2. The summed E-state index contributed by atoms with van der Waals surface area (Å²) in [5, 5.41) is 14.1. The number of aliphatic hydroxyl groups excluding tert-OH is 1. The van der Waals surface area contributed by atoms with Crippen molar-refractivity contribution in [2.75, 3.05) is 11.1 Å². The summed E-state index contributed by atoms with van der Waals surface area (Å²) in [5.41, 5.74) is 6.84. The fourth-order valence-corrected chi connectivity index (χ4v) is 2.81. The molecule has 1 aromatic carbocycles. The van der Waals surface area contributed by atoms with Crippen LogP contribution < -0.4 is 11.1 Å². The van der Waals surface area contributed by atoms with E-state index in [2.05, 4.69) is 5.32 Å². The quantitative estimate of drug-likeness (QED) is 0.726. The van der Waals surface area contributed by atoms with Crippen LogP contribution in [-0.2, 0) is 0 Å².